The highest BCUT2D eigenvalue weighted by atomic mass is 32.1. The van der Waals surface area contributed by atoms with E-state index in [0.717, 1.165) is 21.8 Å². The number of thiazole rings is 1. The molecule has 1 unspecified atom stereocenters. The molecule has 164 valence electrons. The third-order valence-electron chi connectivity index (χ3n) is 5.48. The number of carbonyl (C=O) groups excluding carboxylic acids is 2. The van der Waals surface area contributed by atoms with Crippen molar-refractivity contribution in [1.82, 2.24) is 4.98 Å². The van der Waals surface area contributed by atoms with Gasteiger partial charge in [-0.05, 0) is 42.8 Å². The van der Waals surface area contributed by atoms with Crippen LogP contribution in [0.3, 0.4) is 0 Å². The number of amides is 1. The number of hydrogen-bond donors (Lipinski definition) is 1. The molecule has 1 aliphatic rings. The Morgan fingerprint density at radius 1 is 1.00 bits per heavy atom. The summed E-state index contributed by atoms with van der Waals surface area (Å²) in [5, 5.41) is 11.2. The first-order valence-corrected chi connectivity index (χ1v) is 10.8. The number of anilines is 1. The van der Waals surface area contributed by atoms with E-state index in [9.17, 15) is 23.5 Å². The molecule has 5 nitrogen and oxygen atoms in total. The van der Waals surface area contributed by atoms with E-state index < -0.39 is 29.4 Å². The van der Waals surface area contributed by atoms with Crippen molar-refractivity contribution in [2.45, 2.75) is 13.0 Å². The molecule has 4 aromatic rings. The van der Waals surface area contributed by atoms with Crippen molar-refractivity contribution in [2.75, 3.05) is 4.90 Å². The number of ketones is 1. The zero-order valence-electron chi connectivity index (χ0n) is 17.3. The van der Waals surface area contributed by atoms with Gasteiger partial charge in [-0.25, -0.2) is 13.8 Å². The topological polar surface area (TPSA) is 70.5 Å². The summed E-state index contributed by atoms with van der Waals surface area (Å²) in [7, 11) is 0. The molecule has 1 aromatic heterocycles. The smallest absolute Gasteiger partial charge is 0.301 e. The Hall–Kier alpha value is -3.91. The van der Waals surface area contributed by atoms with Gasteiger partial charge in [0.25, 0.3) is 5.78 Å². The number of aryl methyl sites for hydroxylation is 1. The summed E-state index contributed by atoms with van der Waals surface area (Å²) in [5.74, 6) is -3.19. The molecule has 1 N–H and O–H groups in total. The van der Waals surface area contributed by atoms with E-state index in [2.05, 4.69) is 4.98 Å². The first-order chi connectivity index (χ1) is 15.8. The maximum absolute atomic E-state index is 14.1. The molecular formula is C25H16F2N2O3S. The van der Waals surface area contributed by atoms with E-state index in [4.69, 9.17) is 0 Å². The molecule has 1 atom stereocenters. The summed E-state index contributed by atoms with van der Waals surface area (Å²) in [6, 6.07) is 15.2. The lowest BCUT2D eigenvalue weighted by molar-refractivity contribution is -0.132. The maximum atomic E-state index is 14.1. The van der Waals surface area contributed by atoms with Gasteiger partial charge in [-0.15, -0.1) is 0 Å². The van der Waals surface area contributed by atoms with E-state index in [1.165, 1.54) is 36.4 Å². The van der Waals surface area contributed by atoms with Gasteiger partial charge in [-0.2, -0.15) is 0 Å². The minimum absolute atomic E-state index is 0.148. The summed E-state index contributed by atoms with van der Waals surface area (Å²) in [6.07, 6.45) is 0. The molecule has 0 saturated carbocycles. The largest absolute Gasteiger partial charge is 0.507 e. The van der Waals surface area contributed by atoms with Gasteiger partial charge in [-0.1, -0.05) is 53.3 Å². The molecule has 1 fully saturated rings. The monoisotopic (exact) mass is 462 g/mol. The predicted molar refractivity (Wildman–Crippen MR) is 122 cm³/mol. The second-order valence-electron chi connectivity index (χ2n) is 7.70. The molecule has 0 spiro atoms. The lowest BCUT2D eigenvalue weighted by Crippen LogP contribution is -2.29. The Morgan fingerprint density at radius 3 is 2.45 bits per heavy atom. The molecule has 5 rings (SSSR count). The van der Waals surface area contributed by atoms with Gasteiger partial charge >= 0.3 is 5.91 Å². The molecule has 33 heavy (non-hydrogen) atoms. The zero-order valence-corrected chi connectivity index (χ0v) is 18.1. The molecule has 2 heterocycles. The van der Waals surface area contributed by atoms with Gasteiger partial charge in [0.1, 0.15) is 17.4 Å². The fraction of sp³-hybridized carbons (Fsp3) is 0.0800. The number of benzene rings is 3. The van der Waals surface area contributed by atoms with Gasteiger partial charge in [-0.3, -0.25) is 14.5 Å². The van der Waals surface area contributed by atoms with Crippen molar-refractivity contribution in [3.63, 3.8) is 0 Å². The van der Waals surface area contributed by atoms with Gasteiger partial charge in [0.2, 0.25) is 0 Å². The SMILES string of the molecule is Cc1ccc(/C(O)=C2\C(=O)C(=O)N(c3nc4ccc(F)cc4s3)C2c2cccc(F)c2)cc1. The minimum atomic E-state index is -1.10. The highest BCUT2D eigenvalue weighted by Gasteiger charge is 2.48. The number of nitrogens with zero attached hydrogens (tertiary/aromatic N) is 2. The lowest BCUT2D eigenvalue weighted by atomic mass is 9.95. The van der Waals surface area contributed by atoms with Crippen LogP contribution in [0.1, 0.15) is 22.7 Å². The van der Waals surface area contributed by atoms with Crippen LogP contribution in [0, 0.1) is 18.6 Å². The Kier molecular flexibility index (Phi) is 5.02. The third kappa shape index (κ3) is 3.58. The molecule has 1 amide bonds. The summed E-state index contributed by atoms with van der Waals surface area (Å²) in [4.78, 5) is 31.8. The highest BCUT2D eigenvalue weighted by molar-refractivity contribution is 7.22. The summed E-state index contributed by atoms with van der Waals surface area (Å²) >= 11 is 1.03. The molecule has 1 aliphatic heterocycles. The number of aliphatic hydroxyl groups is 1. The average molecular weight is 462 g/mol. The van der Waals surface area contributed by atoms with Crippen molar-refractivity contribution in [2.24, 2.45) is 0 Å². The Morgan fingerprint density at radius 2 is 1.73 bits per heavy atom. The Balaban J connectivity index is 1.74. The first-order valence-electron chi connectivity index (χ1n) is 10.0. The van der Waals surface area contributed by atoms with Gasteiger partial charge in [0.15, 0.2) is 5.13 Å². The van der Waals surface area contributed by atoms with E-state index in [0.29, 0.717) is 21.3 Å². The first kappa shape index (κ1) is 21.0. The van der Waals surface area contributed by atoms with E-state index in [1.807, 2.05) is 6.92 Å². The predicted octanol–water partition coefficient (Wildman–Crippen LogP) is 5.51. The normalized spacial score (nSPS) is 17.8. The van der Waals surface area contributed by atoms with E-state index >= 15 is 0 Å². The molecule has 0 aliphatic carbocycles. The molecule has 8 heteroatoms. The number of halogens is 2. The van der Waals surface area contributed by atoms with Gasteiger partial charge in [0, 0.05) is 5.56 Å². The number of Topliss-reactive ketones (excluding diaryl/α,β-unsaturated/α-hetero) is 1. The van der Waals surface area contributed by atoms with Crippen LogP contribution in [0.25, 0.3) is 16.0 Å². The fourth-order valence-corrected chi connectivity index (χ4v) is 4.90. The van der Waals surface area contributed by atoms with E-state index in [1.54, 1.807) is 30.3 Å². The highest BCUT2D eigenvalue weighted by Crippen LogP contribution is 2.44. The number of hydrogen-bond acceptors (Lipinski definition) is 5. The van der Waals surface area contributed by atoms with E-state index in [-0.39, 0.29) is 16.5 Å². The number of carbonyl (C=O) groups is 2. The van der Waals surface area contributed by atoms with Crippen LogP contribution in [-0.4, -0.2) is 21.8 Å². The summed E-state index contributed by atoms with van der Waals surface area (Å²) in [6.45, 7) is 1.88. The zero-order chi connectivity index (χ0) is 23.3. The lowest BCUT2D eigenvalue weighted by Gasteiger charge is -2.23. The van der Waals surface area contributed by atoms with Crippen LogP contribution in [0.2, 0.25) is 0 Å². The number of aromatic nitrogens is 1. The standard InChI is InChI=1S/C25H16F2N2O3S/c1-13-5-7-14(8-6-13)22(30)20-21(15-3-2-4-16(26)11-15)29(24(32)23(20)31)25-28-18-10-9-17(27)12-19(18)33-25/h2-12,21,30H,1H3/b22-20+. The van der Waals surface area contributed by atoms with Crippen molar-refractivity contribution in [1.29, 1.82) is 0 Å². The van der Waals surface area contributed by atoms with Crippen LogP contribution >= 0.6 is 11.3 Å². The quantitative estimate of drug-likeness (QED) is 0.248. The number of fused-ring (bicyclic) bond motifs is 1. The second-order valence-corrected chi connectivity index (χ2v) is 8.71. The number of aliphatic hydroxyl groups excluding tert-OH is 1. The van der Waals surface area contributed by atoms with Gasteiger partial charge < -0.3 is 5.11 Å². The third-order valence-corrected chi connectivity index (χ3v) is 6.50. The molecule has 0 radical (unpaired) electrons. The van der Waals surface area contributed by atoms with Crippen LogP contribution in [0.15, 0.2) is 72.3 Å². The Bertz CT molecular complexity index is 1460. The van der Waals surface area contributed by atoms with Crippen LogP contribution < -0.4 is 4.90 Å². The molecule has 1 saturated heterocycles. The van der Waals surface area contributed by atoms with Crippen molar-refractivity contribution >= 4 is 44.1 Å². The van der Waals surface area contributed by atoms with Crippen molar-refractivity contribution < 1.29 is 23.5 Å². The maximum Gasteiger partial charge on any atom is 0.301 e. The van der Waals surface area contributed by atoms with Gasteiger partial charge in [0.05, 0.1) is 21.8 Å². The van der Waals surface area contributed by atoms with Crippen LogP contribution in [0.5, 0.6) is 0 Å². The number of rotatable bonds is 3. The van der Waals surface area contributed by atoms with Crippen molar-refractivity contribution in [3.05, 3.63) is 101 Å². The average Bonchev–Trinajstić information content (AvgIpc) is 3.32. The second kappa shape index (κ2) is 7.90. The van der Waals surface area contributed by atoms with Crippen LogP contribution in [0.4, 0.5) is 13.9 Å². The summed E-state index contributed by atoms with van der Waals surface area (Å²) < 4.78 is 28.3. The van der Waals surface area contributed by atoms with Crippen molar-refractivity contribution in [3.8, 4) is 0 Å². The fourth-order valence-electron chi connectivity index (χ4n) is 3.88. The Labute approximate surface area is 191 Å². The molecular weight excluding hydrogens is 446 g/mol. The summed E-state index contributed by atoms with van der Waals surface area (Å²) in [5.41, 5.74) is 1.89. The molecule has 0 bridgehead atoms. The molecule has 3 aromatic carbocycles. The van der Waals surface area contributed by atoms with Crippen LogP contribution in [-0.2, 0) is 9.59 Å². The minimum Gasteiger partial charge on any atom is -0.507 e.